The SMILES string of the molecule is Cc1ccsc1S(=O)(=O)N(CC(=O)O)Cc1ccccc1. The molecule has 0 fully saturated rings. The lowest BCUT2D eigenvalue weighted by Crippen LogP contribution is -2.35. The van der Waals surface area contributed by atoms with Gasteiger partial charge in [-0.25, -0.2) is 8.42 Å². The maximum absolute atomic E-state index is 12.6. The van der Waals surface area contributed by atoms with Crippen LogP contribution in [0.5, 0.6) is 0 Å². The summed E-state index contributed by atoms with van der Waals surface area (Å²) < 4.78 is 26.4. The van der Waals surface area contributed by atoms with Gasteiger partial charge in [0, 0.05) is 6.54 Å². The second-order valence-electron chi connectivity index (χ2n) is 4.54. The van der Waals surface area contributed by atoms with Gasteiger partial charge in [-0.05, 0) is 29.5 Å². The highest BCUT2D eigenvalue weighted by Gasteiger charge is 2.29. The number of aryl methyl sites for hydroxylation is 1. The summed E-state index contributed by atoms with van der Waals surface area (Å²) in [5, 5.41) is 10.7. The molecule has 1 aromatic carbocycles. The van der Waals surface area contributed by atoms with Crippen molar-refractivity contribution in [1.82, 2.24) is 4.31 Å². The van der Waals surface area contributed by atoms with Gasteiger partial charge >= 0.3 is 5.97 Å². The van der Waals surface area contributed by atoms with E-state index in [-0.39, 0.29) is 10.8 Å². The lowest BCUT2D eigenvalue weighted by Gasteiger charge is -2.20. The summed E-state index contributed by atoms with van der Waals surface area (Å²) in [5.41, 5.74) is 1.37. The van der Waals surface area contributed by atoms with Crippen molar-refractivity contribution < 1.29 is 18.3 Å². The van der Waals surface area contributed by atoms with E-state index in [1.165, 1.54) is 0 Å². The Morgan fingerprint density at radius 3 is 2.43 bits per heavy atom. The van der Waals surface area contributed by atoms with E-state index in [4.69, 9.17) is 5.11 Å². The van der Waals surface area contributed by atoms with Crippen molar-refractivity contribution in [2.45, 2.75) is 17.7 Å². The van der Waals surface area contributed by atoms with Crippen LogP contribution in [0.25, 0.3) is 0 Å². The van der Waals surface area contributed by atoms with Gasteiger partial charge in [-0.1, -0.05) is 30.3 Å². The third-order valence-corrected chi connectivity index (χ3v) is 6.36. The normalized spacial score (nSPS) is 11.7. The van der Waals surface area contributed by atoms with Gasteiger partial charge in [0.05, 0.1) is 0 Å². The van der Waals surface area contributed by atoms with Crippen LogP contribution in [0.1, 0.15) is 11.1 Å². The van der Waals surface area contributed by atoms with Crippen LogP contribution < -0.4 is 0 Å². The van der Waals surface area contributed by atoms with Crippen LogP contribution in [-0.4, -0.2) is 30.3 Å². The number of thiophene rings is 1. The third kappa shape index (κ3) is 3.69. The Morgan fingerprint density at radius 2 is 1.90 bits per heavy atom. The molecule has 7 heteroatoms. The number of nitrogens with zero attached hydrogens (tertiary/aromatic N) is 1. The van der Waals surface area contributed by atoms with Gasteiger partial charge < -0.3 is 5.11 Å². The standard InChI is InChI=1S/C14H15NO4S2/c1-11-7-8-20-14(11)21(18,19)15(10-13(16)17)9-12-5-3-2-4-6-12/h2-8H,9-10H2,1H3,(H,16,17). The minimum Gasteiger partial charge on any atom is -0.480 e. The lowest BCUT2D eigenvalue weighted by molar-refractivity contribution is -0.137. The topological polar surface area (TPSA) is 74.7 Å². The maximum Gasteiger partial charge on any atom is 0.318 e. The zero-order valence-corrected chi connectivity index (χ0v) is 13.0. The molecule has 0 spiro atoms. The summed E-state index contributed by atoms with van der Waals surface area (Å²) in [6.07, 6.45) is 0. The first-order valence-electron chi connectivity index (χ1n) is 6.21. The second-order valence-corrected chi connectivity index (χ2v) is 7.59. The van der Waals surface area contributed by atoms with Crippen LogP contribution in [0.15, 0.2) is 46.0 Å². The van der Waals surface area contributed by atoms with Crippen molar-refractivity contribution in [1.29, 1.82) is 0 Å². The third-order valence-electron chi connectivity index (χ3n) is 2.90. The molecule has 1 aromatic heterocycles. The number of sulfonamides is 1. The summed E-state index contributed by atoms with van der Waals surface area (Å²) in [5.74, 6) is -1.18. The number of rotatable bonds is 6. The molecule has 0 aliphatic rings. The van der Waals surface area contributed by atoms with Crippen molar-refractivity contribution in [3.05, 3.63) is 52.9 Å². The maximum atomic E-state index is 12.6. The smallest absolute Gasteiger partial charge is 0.318 e. The zero-order chi connectivity index (χ0) is 15.5. The average molecular weight is 325 g/mol. The Balaban J connectivity index is 2.36. The van der Waals surface area contributed by atoms with E-state index in [0.29, 0.717) is 5.56 Å². The number of hydrogen-bond acceptors (Lipinski definition) is 4. The molecular weight excluding hydrogens is 310 g/mol. The fraction of sp³-hybridized carbons (Fsp3) is 0.214. The molecule has 2 aromatic rings. The molecule has 0 saturated carbocycles. The van der Waals surface area contributed by atoms with Crippen LogP contribution in [0, 0.1) is 6.92 Å². The van der Waals surface area contributed by atoms with Crippen molar-refractivity contribution >= 4 is 27.3 Å². The number of hydrogen-bond donors (Lipinski definition) is 1. The number of carbonyl (C=O) groups is 1. The van der Waals surface area contributed by atoms with Crippen molar-refractivity contribution in [2.24, 2.45) is 0 Å². The van der Waals surface area contributed by atoms with Gasteiger partial charge in [-0.3, -0.25) is 4.79 Å². The number of aliphatic carboxylic acids is 1. The fourth-order valence-corrected chi connectivity index (χ4v) is 4.83. The Kier molecular flexibility index (Phi) is 4.76. The molecule has 0 aliphatic carbocycles. The Labute approximate surface area is 127 Å². The summed E-state index contributed by atoms with van der Waals surface area (Å²) in [6, 6.07) is 10.6. The lowest BCUT2D eigenvalue weighted by atomic mass is 10.2. The fourth-order valence-electron chi connectivity index (χ4n) is 1.90. The van der Waals surface area contributed by atoms with Gasteiger partial charge in [0.15, 0.2) is 0 Å². The van der Waals surface area contributed by atoms with E-state index in [2.05, 4.69) is 0 Å². The van der Waals surface area contributed by atoms with Gasteiger partial charge in [0.1, 0.15) is 10.8 Å². The number of carboxylic acid groups (broad SMARTS) is 1. The monoisotopic (exact) mass is 325 g/mol. The van der Waals surface area contributed by atoms with Crippen LogP contribution in [0.3, 0.4) is 0 Å². The second kappa shape index (κ2) is 6.38. The average Bonchev–Trinajstić information content (AvgIpc) is 2.85. The first-order valence-corrected chi connectivity index (χ1v) is 8.53. The molecule has 21 heavy (non-hydrogen) atoms. The van der Waals surface area contributed by atoms with E-state index in [1.807, 2.05) is 6.07 Å². The van der Waals surface area contributed by atoms with Crippen LogP contribution in [0.2, 0.25) is 0 Å². The first kappa shape index (κ1) is 15.7. The van der Waals surface area contributed by atoms with Gasteiger partial charge in [-0.15, -0.1) is 11.3 Å². The Bertz CT molecular complexity index is 722. The summed E-state index contributed by atoms with van der Waals surface area (Å²) in [4.78, 5) is 11.0. The van der Waals surface area contributed by atoms with Crippen LogP contribution in [0.4, 0.5) is 0 Å². The Morgan fingerprint density at radius 1 is 1.24 bits per heavy atom. The summed E-state index contributed by atoms with van der Waals surface area (Å²) in [7, 11) is -3.81. The van der Waals surface area contributed by atoms with Crippen LogP contribution in [-0.2, 0) is 21.4 Å². The highest BCUT2D eigenvalue weighted by molar-refractivity contribution is 7.91. The van der Waals surface area contributed by atoms with Crippen molar-refractivity contribution in [3.63, 3.8) is 0 Å². The van der Waals surface area contributed by atoms with E-state index in [0.717, 1.165) is 21.2 Å². The van der Waals surface area contributed by atoms with E-state index in [9.17, 15) is 13.2 Å². The quantitative estimate of drug-likeness (QED) is 0.884. The minimum atomic E-state index is -3.81. The highest BCUT2D eigenvalue weighted by atomic mass is 32.2. The molecule has 1 heterocycles. The predicted octanol–water partition coefficient (Wildman–Crippen LogP) is 2.33. The molecule has 0 atom stereocenters. The zero-order valence-electron chi connectivity index (χ0n) is 11.4. The van der Waals surface area contributed by atoms with E-state index in [1.54, 1.807) is 42.6 Å². The molecular formula is C14H15NO4S2. The van der Waals surface area contributed by atoms with Gasteiger partial charge in [-0.2, -0.15) is 4.31 Å². The molecule has 0 amide bonds. The molecule has 1 N–H and O–H groups in total. The highest BCUT2D eigenvalue weighted by Crippen LogP contribution is 2.26. The molecule has 0 bridgehead atoms. The molecule has 112 valence electrons. The summed E-state index contributed by atoms with van der Waals surface area (Å²) in [6.45, 7) is 1.17. The molecule has 0 aliphatic heterocycles. The van der Waals surface area contributed by atoms with Crippen LogP contribution >= 0.6 is 11.3 Å². The number of carboxylic acids is 1. The molecule has 0 unspecified atom stereocenters. The largest absolute Gasteiger partial charge is 0.480 e. The molecule has 0 radical (unpaired) electrons. The van der Waals surface area contributed by atoms with E-state index < -0.39 is 22.5 Å². The number of benzene rings is 1. The molecule has 0 saturated heterocycles. The van der Waals surface area contributed by atoms with Crippen molar-refractivity contribution in [2.75, 3.05) is 6.54 Å². The summed E-state index contributed by atoms with van der Waals surface area (Å²) >= 11 is 1.10. The molecule has 5 nitrogen and oxygen atoms in total. The molecule has 2 rings (SSSR count). The van der Waals surface area contributed by atoms with Gasteiger partial charge in [0.25, 0.3) is 10.0 Å². The Hall–Kier alpha value is -1.70. The minimum absolute atomic E-state index is 0.0345. The van der Waals surface area contributed by atoms with E-state index >= 15 is 0 Å². The van der Waals surface area contributed by atoms with Gasteiger partial charge in [0.2, 0.25) is 0 Å². The predicted molar refractivity (Wildman–Crippen MR) is 80.7 cm³/mol. The first-order chi connectivity index (χ1) is 9.91. The van der Waals surface area contributed by atoms with Crippen molar-refractivity contribution in [3.8, 4) is 0 Å².